The topological polar surface area (TPSA) is 84.5 Å². The van der Waals surface area contributed by atoms with Crippen molar-refractivity contribution in [3.63, 3.8) is 0 Å². The number of hydrogen-bond acceptors (Lipinski definition) is 5. The zero-order chi connectivity index (χ0) is 18.0. The lowest BCUT2D eigenvalue weighted by Crippen LogP contribution is -2.31. The third-order valence-corrected chi connectivity index (χ3v) is 5.10. The number of aryl methyl sites for hydroxylation is 1. The van der Waals surface area contributed by atoms with Gasteiger partial charge in [0.2, 0.25) is 0 Å². The van der Waals surface area contributed by atoms with E-state index in [1.54, 1.807) is 6.07 Å². The molecule has 1 aromatic carbocycles. The van der Waals surface area contributed by atoms with Crippen molar-refractivity contribution in [3.8, 4) is 0 Å². The van der Waals surface area contributed by atoms with Crippen molar-refractivity contribution in [1.82, 2.24) is 5.32 Å². The molecule has 3 rings (SSSR count). The molecule has 0 bridgehead atoms. The molecule has 1 aliphatic carbocycles. The molecular formula is C17H15FN2O4S. The van der Waals surface area contributed by atoms with E-state index in [9.17, 15) is 18.8 Å². The first-order valence-electron chi connectivity index (χ1n) is 7.61. The van der Waals surface area contributed by atoms with Crippen molar-refractivity contribution < 1.29 is 23.5 Å². The van der Waals surface area contributed by atoms with Gasteiger partial charge in [0, 0.05) is 4.88 Å². The van der Waals surface area contributed by atoms with Crippen LogP contribution in [0.3, 0.4) is 0 Å². The van der Waals surface area contributed by atoms with Crippen LogP contribution in [0.1, 0.15) is 37.6 Å². The number of hydrogen-bond donors (Lipinski definition) is 2. The Bertz CT molecular complexity index is 862. The van der Waals surface area contributed by atoms with Gasteiger partial charge in [-0.3, -0.25) is 14.9 Å². The molecule has 1 heterocycles. The number of rotatable bonds is 3. The highest BCUT2D eigenvalue weighted by Gasteiger charge is 2.29. The van der Waals surface area contributed by atoms with Crippen LogP contribution in [0.15, 0.2) is 24.3 Å². The van der Waals surface area contributed by atoms with Crippen molar-refractivity contribution in [1.29, 1.82) is 0 Å². The van der Waals surface area contributed by atoms with E-state index < -0.39 is 23.7 Å². The fraction of sp³-hybridized carbons (Fsp3) is 0.235. The number of anilines is 1. The van der Waals surface area contributed by atoms with Crippen LogP contribution >= 0.6 is 11.3 Å². The van der Waals surface area contributed by atoms with E-state index >= 15 is 0 Å². The number of carbonyl (C=O) groups is 3. The van der Waals surface area contributed by atoms with E-state index in [0.717, 1.165) is 30.4 Å². The number of carbonyl (C=O) groups excluding carboxylic acids is 3. The van der Waals surface area contributed by atoms with Crippen molar-refractivity contribution >= 4 is 34.2 Å². The summed E-state index contributed by atoms with van der Waals surface area (Å²) in [5.74, 6) is -1.94. The van der Waals surface area contributed by atoms with Crippen molar-refractivity contribution in [2.45, 2.75) is 19.3 Å². The smallest absolute Gasteiger partial charge is 0.413 e. The number of methoxy groups -OCH3 is 1. The second-order valence-electron chi connectivity index (χ2n) is 5.44. The standard InChI is InChI=1S/C17H15FN2O4S/c1-24-17(23)20-15(22)13-10-6-4-8-12(10)25-16(13)19-14(21)9-5-2-3-7-11(9)18/h2-3,5,7H,4,6,8H2,1H3,(H,19,21)(H,20,22,23). The van der Waals surface area contributed by atoms with Crippen molar-refractivity contribution in [3.05, 3.63) is 51.7 Å². The lowest BCUT2D eigenvalue weighted by molar-refractivity contribution is 0.0937. The van der Waals surface area contributed by atoms with Crippen LogP contribution in [0.5, 0.6) is 0 Å². The minimum absolute atomic E-state index is 0.115. The van der Waals surface area contributed by atoms with Crippen molar-refractivity contribution in [2.75, 3.05) is 12.4 Å². The number of ether oxygens (including phenoxy) is 1. The van der Waals surface area contributed by atoms with Crippen LogP contribution in [0.25, 0.3) is 0 Å². The SMILES string of the molecule is COC(=O)NC(=O)c1c(NC(=O)c2ccccc2F)sc2c1CCC2. The van der Waals surface area contributed by atoms with Gasteiger partial charge in [-0.15, -0.1) is 11.3 Å². The molecule has 25 heavy (non-hydrogen) atoms. The van der Waals surface area contributed by atoms with Gasteiger partial charge in [-0.25, -0.2) is 9.18 Å². The molecule has 3 amide bonds. The molecule has 130 valence electrons. The molecule has 0 saturated carbocycles. The third-order valence-electron chi connectivity index (χ3n) is 3.89. The number of halogens is 1. The van der Waals surface area contributed by atoms with Gasteiger partial charge < -0.3 is 10.1 Å². The average molecular weight is 362 g/mol. The molecule has 0 fully saturated rings. The highest BCUT2D eigenvalue weighted by Crippen LogP contribution is 2.39. The largest absolute Gasteiger partial charge is 0.453 e. The molecule has 0 radical (unpaired) electrons. The first kappa shape index (κ1) is 17.1. The number of imide groups is 1. The van der Waals surface area contributed by atoms with Gasteiger partial charge >= 0.3 is 6.09 Å². The Morgan fingerprint density at radius 1 is 1.16 bits per heavy atom. The van der Waals surface area contributed by atoms with Gasteiger partial charge in [-0.2, -0.15) is 0 Å². The highest BCUT2D eigenvalue weighted by molar-refractivity contribution is 7.17. The Kier molecular flexibility index (Phi) is 4.80. The Balaban J connectivity index is 1.91. The average Bonchev–Trinajstić information content (AvgIpc) is 3.15. The molecule has 2 N–H and O–H groups in total. The summed E-state index contributed by atoms with van der Waals surface area (Å²) >= 11 is 1.27. The van der Waals surface area contributed by atoms with Gasteiger partial charge in [-0.05, 0) is 37.0 Å². The summed E-state index contributed by atoms with van der Waals surface area (Å²) in [5, 5.41) is 5.01. The van der Waals surface area contributed by atoms with Crippen LogP contribution in [0, 0.1) is 5.82 Å². The molecule has 0 spiro atoms. The minimum atomic E-state index is -0.880. The molecule has 8 heteroatoms. The Morgan fingerprint density at radius 2 is 1.92 bits per heavy atom. The summed E-state index contributed by atoms with van der Waals surface area (Å²) in [6, 6.07) is 5.59. The number of amides is 3. The Morgan fingerprint density at radius 3 is 2.64 bits per heavy atom. The molecule has 6 nitrogen and oxygen atoms in total. The van der Waals surface area contributed by atoms with E-state index in [0.29, 0.717) is 11.4 Å². The van der Waals surface area contributed by atoms with E-state index in [4.69, 9.17) is 0 Å². The van der Waals surface area contributed by atoms with Crippen LogP contribution in [-0.2, 0) is 17.6 Å². The monoisotopic (exact) mass is 362 g/mol. The molecular weight excluding hydrogens is 347 g/mol. The van der Waals surface area contributed by atoms with Crippen LogP contribution in [-0.4, -0.2) is 25.0 Å². The predicted octanol–water partition coefficient (Wildman–Crippen LogP) is 3.12. The number of fused-ring (bicyclic) bond motifs is 1. The number of nitrogens with one attached hydrogen (secondary N) is 2. The van der Waals surface area contributed by atoms with Gasteiger partial charge in [0.1, 0.15) is 10.8 Å². The van der Waals surface area contributed by atoms with Gasteiger partial charge in [0.05, 0.1) is 18.2 Å². The Labute approximate surface area is 147 Å². The fourth-order valence-electron chi connectivity index (χ4n) is 2.75. The van der Waals surface area contributed by atoms with E-state index in [-0.39, 0.29) is 11.1 Å². The molecule has 1 aromatic heterocycles. The quantitative estimate of drug-likeness (QED) is 0.879. The van der Waals surface area contributed by atoms with Gasteiger partial charge in [-0.1, -0.05) is 12.1 Å². The molecule has 0 unspecified atom stereocenters. The molecule has 0 atom stereocenters. The maximum Gasteiger partial charge on any atom is 0.413 e. The zero-order valence-electron chi connectivity index (χ0n) is 13.3. The first-order valence-corrected chi connectivity index (χ1v) is 8.42. The second-order valence-corrected chi connectivity index (χ2v) is 6.55. The summed E-state index contributed by atoms with van der Waals surface area (Å²) in [7, 11) is 1.15. The molecule has 0 saturated heterocycles. The van der Waals surface area contributed by atoms with E-state index in [1.807, 2.05) is 0 Å². The normalized spacial score (nSPS) is 12.4. The summed E-state index contributed by atoms with van der Waals surface area (Å²) in [4.78, 5) is 37.1. The zero-order valence-corrected chi connectivity index (χ0v) is 14.2. The lowest BCUT2D eigenvalue weighted by atomic mass is 10.1. The predicted molar refractivity (Wildman–Crippen MR) is 90.6 cm³/mol. The molecule has 1 aliphatic rings. The third kappa shape index (κ3) is 3.39. The van der Waals surface area contributed by atoms with Crippen LogP contribution in [0.2, 0.25) is 0 Å². The van der Waals surface area contributed by atoms with E-state index in [2.05, 4.69) is 15.4 Å². The summed E-state index contributed by atoms with van der Waals surface area (Å²) in [6.45, 7) is 0. The summed E-state index contributed by atoms with van der Waals surface area (Å²) < 4.78 is 18.2. The highest BCUT2D eigenvalue weighted by atomic mass is 32.1. The maximum absolute atomic E-state index is 13.8. The number of alkyl carbamates (subject to hydrolysis) is 1. The maximum atomic E-state index is 13.8. The Hall–Kier alpha value is -2.74. The molecule has 2 aromatic rings. The van der Waals surface area contributed by atoms with E-state index in [1.165, 1.54) is 29.5 Å². The summed E-state index contributed by atoms with van der Waals surface area (Å²) in [5.41, 5.74) is 0.943. The number of thiophene rings is 1. The van der Waals surface area contributed by atoms with Crippen molar-refractivity contribution in [2.24, 2.45) is 0 Å². The molecule has 0 aliphatic heterocycles. The fourth-order valence-corrected chi connectivity index (χ4v) is 4.04. The van der Waals surface area contributed by atoms with Gasteiger partial charge in [0.25, 0.3) is 11.8 Å². The van der Waals surface area contributed by atoms with Gasteiger partial charge in [0.15, 0.2) is 0 Å². The summed E-state index contributed by atoms with van der Waals surface area (Å²) in [6.07, 6.45) is 1.51. The lowest BCUT2D eigenvalue weighted by Gasteiger charge is -2.09. The minimum Gasteiger partial charge on any atom is -0.453 e. The first-order chi connectivity index (χ1) is 12.0. The van der Waals surface area contributed by atoms with Crippen LogP contribution in [0.4, 0.5) is 14.2 Å². The number of benzene rings is 1. The second kappa shape index (κ2) is 7.02. The van der Waals surface area contributed by atoms with Crippen LogP contribution < -0.4 is 10.6 Å².